The SMILES string of the molecule is CC(=O)Nc1ccc(C)c(S(=O)(=O)NCc2ccc(Cl)cc2Cl)c1. The molecule has 0 aliphatic heterocycles. The summed E-state index contributed by atoms with van der Waals surface area (Å²) in [4.78, 5) is 11.2. The van der Waals surface area contributed by atoms with Crippen LogP contribution < -0.4 is 10.0 Å². The Labute approximate surface area is 151 Å². The Balaban J connectivity index is 2.25. The van der Waals surface area contributed by atoms with E-state index in [0.717, 1.165) is 0 Å². The number of amides is 1. The molecule has 0 atom stereocenters. The average molecular weight is 387 g/mol. The minimum absolute atomic E-state index is 0.0299. The summed E-state index contributed by atoms with van der Waals surface area (Å²) in [6.07, 6.45) is 0. The lowest BCUT2D eigenvalue weighted by Gasteiger charge is -2.12. The molecule has 0 aliphatic carbocycles. The molecule has 0 fully saturated rings. The fraction of sp³-hybridized carbons (Fsp3) is 0.188. The lowest BCUT2D eigenvalue weighted by atomic mass is 10.2. The van der Waals surface area contributed by atoms with Crippen molar-refractivity contribution in [3.05, 3.63) is 57.6 Å². The fourth-order valence-corrected chi connectivity index (χ4v) is 3.84. The molecule has 2 aromatic rings. The van der Waals surface area contributed by atoms with Crippen LogP contribution in [-0.2, 0) is 21.4 Å². The third-order valence-corrected chi connectivity index (χ3v) is 5.40. The van der Waals surface area contributed by atoms with Crippen LogP contribution in [-0.4, -0.2) is 14.3 Å². The predicted molar refractivity (Wildman–Crippen MR) is 96.0 cm³/mol. The van der Waals surface area contributed by atoms with Crippen molar-refractivity contribution in [3.8, 4) is 0 Å². The second-order valence-electron chi connectivity index (χ2n) is 5.22. The van der Waals surface area contributed by atoms with E-state index in [1.807, 2.05) is 0 Å². The van der Waals surface area contributed by atoms with E-state index in [2.05, 4.69) is 10.0 Å². The van der Waals surface area contributed by atoms with Crippen molar-refractivity contribution in [1.82, 2.24) is 4.72 Å². The number of nitrogens with one attached hydrogen (secondary N) is 2. The Morgan fingerprint density at radius 3 is 2.46 bits per heavy atom. The van der Waals surface area contributed by atoms with Gasteiger partial charge in [0.2, 0.25) is 15.9 Å². The highest BCUT2D eigenvalue weighted by molar-refractivity contribution is 7.89. The second kappa shape index (κ2) is 7.53. The van der Waals surface area contributed by atoms with Gasteiger partial charge in [-0.25, -0.2) is 13.1 Å². The Hall–Kier alpha value is -1.60. The van der Waals surface area contributed by atoms with Gasteiger partial charge in [-0.1, -0.05) is 35.3 Å². The molecule has 0 aliphatic rings. The molecule has 24 heavy (non-hydrogen) atoms. The summed E-state index contributed by atoms with van der Waals surface area (Å²) < 4.78 is 27.6. The number of hydrogen-bond donors (Lipinski definition) is 2. The number of carbonyl (C=O) groups is 1. The van der Waals surface area contributed by atoms with Crippen LogP contribution in [0.3, 0.4) is 0 Å². The first-order chi connectivity index (χ1) is 11.2. The quantitative estimate of drug-likeness (QED) is 0.821. The molecule has 0 saturated heterocycles. The van der Waals surface area contributed by atoms with Crippen molar-refractivity contribution in [3.63, 3.8) is 0 Å². The molecule has 0 aromatic heterocycles. The monoisotopic (exact) mass is 386 g/mol. The smallest absolute Gasteiger partial charge is 0.241 e. The summed E-state index contributed by atoms with van der Waals surface area (Å²) in [7, 11) is -3.77. The van der Waals surface area contributed by atoms with Crippen molar-refractivity contribution < 1.29 is 13.2 Å². The first kappa shape index (κ1) is 18.7. The number of aryl methyl sites for hydroxylation is 1. The third kappa shape index (κ3) is 4.70. The van der Waals surface area contributed by atoms with Crippen molar-refractivity contribution in [2.45, 2.75) is 25.3 Å². The van der Waals surface area contributed by atoms with E-state index in [1.165, 1.54) is 13.0 Å². The van der Waals surface area contributed by atoms with E-state index < -0.39 is 10.0 Å². The molecule has 2 N–H and O–H groups in total. The van der Waals surface area contributed by atoms with Crippen LogP contribution >= 0.6 is 23.2 Å². The maximum Gasteiger partial charge on any atom is 0.241 e. The highest BCUT2D eigenvalue weighted by Gasteiger charge is 2.18. The summed E-state index contributed by atoms with van der Waals surface area (Å²) >= 11 is 11.9. The summed E-state index contributed by atoms with van der Waals surface area (Å²) in [5, 5.41) is 3.43. The van der Waals surface area contributed by atoms with Gasteiger partial charge in [0.1, 0.15) is 0 Å². The van der Waals surface area contributed by atoms with E-state index in [0.29, 0.717) is 26.9 Å². The summed E-state index contributed by atoms with van der Waals surface area (Å²) in [5.74, 6) is -0.275. The molecule has 1 amide bonds. The van der Waals surface area contributed by atoms with E-state index in [9.17, 15) is 13.2 Å². The maximum absolute atomic E-state index is 12.5. The first-order valence-electron chi connectivity index (χ1n) is 7.01. The number of benzene rings is 2. The lowest BCUT2D eigenvalue weighted by Crippen LogP contribution is -2.24. The van der Waals surface area contributed by atoms with Gasteiger partial charge >= 0.3 is 0 Å². The standard InChI is InChI=1S/C16H16Cl2N2O3S/c1-10-3-6-14(20-11(2)21)8-16(10)24(22,23)19-9-12-4-5-13(17)7-15(12)18/h3-8,19H,9H2,1-2H3,(H,20,21). The molecule has 0 unspecified atom stereocenters. The Kier molecular flexibility index (Phi) is 5.87. The first-order valence-corrected chi connectivity index (χ1v) is 9.25. The van der Waals surface area contributed by atoms with Gasteiger partial charge in [-0.2, -0.15) is 0 Å². The average Bonchev–Trinajstić information content (AvgIpc) is 2.47. The number of halogens is 2. The minimum atomic E-state index is -3.77. The Morgan fingerprint density at radius 1 is 1.12 bits per heavy atom. The maximum atomic E-state index is 12.5. The number of carbonyl (C=O) groups excluding carboxylic acids is 1. The second-order valence-corrected chi connectivity index (χ2v) is 7.80. The van der Waals surface area contributed by atoms with Gasteiger partial charge in [0, 0.05) is 29.2 Å². The topological polar surface area (TPSA) is 75.3 Å². The van der Waals surface area contributed by atoms with Crippen molar-refractivity contribution in [2.75, 3.05) is 5.32 Å². The highest BCUT2D eigenvalue weighted by atomic mass is 35.5. The van der Waals surface area contributed by atoms with Crippen LogP contribution in [0.15, 0.2) is 41.3 Å². The fourth-order valence-electron chi connectivity index (χ4n) is 2.09. The molecule has 0 saturated carbocycles. The summed E-state index contributed by atoms with van der Waals surface area (Å²) in [5.41, 5.74) is 1.59. The molecule has 0 bridgehead atoms. The van der Waals surface area contributed by atoms with Gasteiger partial charge in [-0.15, -0.1) is 0 Å². The molecule has 128 valence electrons. The van der Waals surface area contributed by atoms with Crippen molar-refractivity contribution in [2.24, 2.45) is 0 Å². The van der Waals surface area contributed by atoms with Crippen LogP contribution in [0, 0.1) is 6.92 Å². The molecule has 5 nitrogen and oxygen atoms in total. The van der Waals surface area contributed by atoms with Gasteiger partial charge in [0.15, 0.2) is 0 Å². The molecular weight excluding hydrogens is 371 g/mol. The molecule has 0 radical (unpaired) electrons. The van der Waals surface area contributed by atoms with Crippen molar-refractivity contribution >= 4 is 44.8 Å². The zero-order chi connectivity index (χ0) is 17.9. The van der Waals surface area contributed by atoms with Crippen molar-refractivity contribution in [1.29, 1.82) is 0 Å². The van der Waals surface area contributed by atoms with Crippen LogP contribution in [0.5, 0.6) is 0 Å². The molecule has 2 aromatic carbocycles. The van der Waals surface area contributed by atoms with Crippen LogP contribution in [0.2, 0.25) is 10.0 Å². The van der Waals surface area contributed by atoms with Gasteiger partial charge in [-0.05, 0) is 42.3 Å². The lowest BCUT2D eigenvalue weighted by molar-refractivity contribution is -0.114. The van der Waals surface area contributed by atoms with E-state index in [1.54, 1.807) is 37.3 Å². The van der Waals surface area contributed by atoms with E-state index in [-0.39, 0.29) is 17.3 Å². The predicted octanol–water partition coefficient (Wildman–Crippen LogP) is 3.74. The number of rotatable bonds is 5. The normalized spacial score (nSPS) is 11.3. The van der Waals surface area contributed by atoms with E-state index >= 15 is 0 Å². The number of hydrogen-bond acceptors (Lipinski definition) is 3. The molecule has 0 heterocycles. The Morgan fingerprint density at radius 2 is 1.83 bits per heavy atom. The van der Waals surface area contributed by atoms with Crippen LogP contribution in [0.1, 0.15) is 18.1 Å². The molecule has 0 spiro atoms. The molecule has 8 heteroatoms. The van der Waals surface area contributed by atoms with E-state index in [4.69, 9.17) is 23.2 Å². The largest absolute Gasteiger partial charge is 0.326 e. The third-order valence-electron chi connectivity index (χ3n) is 3.27. The van der Waals surface area contributed by atoms with Gasteiger partial charge in [-0.3, -0.25) is 4.79 Å². The van der Waals surface area contributed by atoms with Gasteiger partial charge < -0.3 is 5.32 Å². The van der Waals surface area contributed by atoms with Gasteiger partial charge in [0.05, 0.1) is 4.90 Å². The zero-order valence-corrected chi connectivity index (χ0v) is 15.4. The zero-order valence-electron chi connectivity index (χ0n) is 13.1. The summed E-state index contributed by atoms with van der Waals surface area (Å²) in [6.45, 7) is 3.07. The number of sulfonamides is 1. The number of anilines is 1. The summed E-state index contributed by atoms with van der Waals surface area (Å²) in [6, 6.07) is 9.55. The Bertz CT molecular complexity index is 883. The van der Waals surface area contributed by atoms with Gasteiger partial charge in [0.25, 0.3) is 0 Å². The molecular formula is C16H16Cl2N2O3S. The molecule has 2 rings (SSSR count). The minimum Gasteiger partial charge on any atom is -0.326 e. The highest BCUT2D eigenvalue weighted by Crippen LogP contribution is 2.23. The van der Waals surface area contributed by atoms with Crippen LogP contribution in [0.4, 0.5) is 5.69 Å². The van der Waals surface area contributed by atoms with Crippen LogP contribution in [0.25, 0.3) is 0 Å².